The van der Waals surface area contributed by atoms with E-state index in [0.717, 1.165) is 48.5 Å². The second kappa shape index (κ2) is 5.92. The Morgan fingerprint density at radius 1 is 1.50 bits per heavy atom. The van der Waals surface area contributed by atoms with Crippen LogP contribution in [0, 0.1) is 19.3 Å². The van der Waals surface area contributed by atoms with Gasteiger partial charge in [0.15, 0.2) is 0 Å². The molecule has 0 radical (unpaired) electrons. The van der Waals surface area contributed by atoms with Crippen LogP contribution in [0.4, 0.5) is 0 Å². The van der Waals surface area contributed by atoms with Crippen molar-refractivity contribution in [3.8, 4) is 5.75 Å². The minimum atomic E-state index is -0.202. The number of methoxy groups -OCH3 is 1. The average Bonchev–Trinajstić information content (AvgIpc) is 2.92. The summed E-state index contributed by atoms with van der Waals surface area (Å²) in [5.41, 5.74) is 2.64. The third-order valence-corrected chi connectivity index (χ3v) is 4.59. The first-order valence-corrected chi connectivity index (χ1v) is 7.27. The number of hydrogen-bond acceptors (Lipinski definition) is 4. The lowest BCUT2D eigenvalue weighted by molar-refractivity contribution is -0.127. The number of hydrogen-bond donors (Lipinski definition) is 1. The monoisotopic (exact) mass is 276 g/mol. The molecule has 2 rings (SSSR count). The maximum absolute atomic E-state index is 12.7. The average molecular weight is 276 g/mol. The van der Waals surface area contributed by atoms with Crippen LogP contribution >= 0.6 is 0 Å². The van der Waals surface area contributed by atoms with Crippen LogP contribution in [-0.2, 0) is 11.2 Å². The van der Waals surface area contributed by atoms with E-state index in [0.29, 0.717) is 12.2 Å². The quantitative estimate of drug-likeness (QED) is 0.896. The molecule has 110 valence electrons. The van der Waals surface area contributed by atoms with Gasteiger partial charge in [-0.1, -0.05) is 6.92 Å². The fraction of sp³-hybridized carbons (Fsp3) is 0.625. The van der Waals surface area contributed by atoms with E-state index in [2.05, 4.69) is 17.2 Å². The second-order valence-electron chi connectivity index (χ2n) is 5.71. The second-order valence-corrected chi connectivity index (χ2v) is 5.71. The third kappa shape index (κ3) is 2.57. The predicted molar refractivity (Wildman–Crippen MR) is 79.2 cm³/mol. The van der Waals surface area contributed by atoms with E-state index in [9.17, 15) is 4.79 Å². The summed E-state index contributed by atoms with van der Waals surface area (Å²) >= 11 is 0. The number of ether oxygens (including phenoxy) is 1. The Balaban J connectivity index is 2.24. The molecule has 0 aromatic carbocycles. The van der Waals surface area contributed by atoms with Gasteiger partial charge in [-0.2, -0.15) is 0 Å². The maximum Gasteiger partial charge on any atom is 0.146 e. The van der Waals surface area contributed by atoms with E-state index < -0.39 is 0 Å². The van der Waals surface area contributed by atoms with Crippen molar-refractivity contribution in [3.63, 3.8) is 0 Å². The highest BCUT2D eigenvalue weighted by molar-refractivity contribution is 5.87. The highest BCUT2D eigenvalue weighted by Gasteiger charge is 2.39. The molecule has 1 aliphatic heterocycles. The molecule has 1 aromatic heterocycles. The largest absolute Gasteiger partial charge is 0.496 e. The van der Waals surface area contributed by atoms with Crippen LogP contribution < -0.4 is 10.1 Å². The molecule has 4 heteroatoms. The molecule has 0 bridgehead atoms. The normalized spacial score (nSPS) is 22.0. The number of nitrogens with zero attached hydrogens (tertiary/aromatic N) is 1. The van der Waals surface area contributed by atoms with Crippen LogP contribution in [0.1, 0.15) is 36.6 Å². The molecule has 0 spiro atoms. The molecule has 20 heavy (non-hydrogen) atoms. The first-order valence-electron chi connectivity index (χ1n) is 7.27. The molecular formula is C16H24N2O2. The first-order chi connectivity index (χ1) is 9.54. The lowest BCUT2D eigenvalue weighted by Gasteiger charge is -2.25. The molecule has 4 nitrogen and oxygen atoms in total. The Bertz CT molecular complexity index is 505. The molecular weight excluding hydrogens is 252 g/mol. The Hall–Kier alpha value is -1.42. The van der Waals surface area contributed by atoms with Gasteiger partial charge >= 0.3 is 0 Å². The summed E-state index contributed by atoms with van der Waals surface area (Å²) in [6.07, 6.45) is 4.02. The molecule has 1 saturated heterocycles. The highest BCUT2D eigenvalue weighted by Crippen LogP contribution is 2.33. The van der Waals surface area contributed by atoms with E-state index in [1.54, 1.807) is 13.3 Å². The first kappa shape index (κ1) is 15.0. The van der Waals surface area contributed by atoms with Crippen molar-refractivity contribution in [2.45, 2.75) is 40.0 Å². The molecule has 2 heterocycles. The van der Waals surface area contributed by atoms with Crippen LogP contribution in [-0.4, -0.2) is 31.0 Å². The Morgan fingerprint density at radius 3 is 2.80 bits per heavy atom. The minimum absolute atomic E-state index is 0.202. The number of Topliss-reactive ketones (excluding diaryl/α,β-unsaturated/α-hetero) is 1. The fourth-order valence-corrected chi connectivity index (χ4v) is 3.07. The van der Waals surface area contributed by atoms with Gasteiger partial charge in [-0.05, 0) is 33.2 Å². The summed E-state index contributed by atoms with van der Waals surface area (Å²) in [5, 5.41) is 3.31. The predicted octanol–water partition coefficient (Wildman–Crippen LogP) is 2.21. The van der Waals surface area contributed by atoms with Crippen LogP contribution in [0.3, 0.4) is 0 Å². The summed E-state index contributed by atoms with van der Waals surface area (Å²) in [7, 11) is 1.66. The standard InChI is InChI=1S/C16H24N2O2/c1-5-16(6-7-17-10-16)14(19)8-13-12(3)15(20-4)11(2)9-18-13/h9,17H,5-8,10H2,1-4H3. The number of rotatable bonds is 5. The van der Waals surface area contributed by atoms with Gasteiger partial charge in [0.1, 0.15) is 11.5 Å². The number of aromatic nitrogens is 1. The van der Waals surface area contributed by atoms with Crippen molar-refractivity contribution in [1.82, 2.24) is 10.3 Å². The number of pyridine rings is 1. The van der Waals surface area contributed by atoms with Crippen molar-refractivity contribution >= 4 is 5.78 Å². The molecule has 0 saturated carbocycles. The van der Waals surface area contributed by atoms with E-state index >= 15 is 0 Å². The van der Waals surface area contributed by atoms with Crippen LogP contribution in [0.25, 0.3) is 0 Å². The Kier molecular flexibility index (Phi) is 4.43. The van der Waals surface area contributed by atoms with Crippen molar-refractivity contribution in [1.29, 1.82) is 0 Å². The van der Waals surface area contributed by atoms with Crippen LogP contribution in [0.2, 0.25) is 0 Å². The van der Waals surface area contributed by atoms with E-state index in [1.165, 1.54) is 0 Å². The number of carbonyl (C=O) groups excluding carboxylic acids is 1. The summed E-state index contributed by atoms with van der Waals surface area (Å²) < 4.78 is 5.41. The third-order valence-electron chi connectivity index (χ3n) is 4.59. The smallest absolute Gasteiger partial charge is 0.146 e. The van der Waals surface area contributed by atoms with Crippen molar-refractivity contribution in [2.24, 2.45) is 5.41 Å². The van der Waals surface area contributed by atoms with Gasteiger partial charge in [0.25, 0.3) is 0 Å². The molecule has 1 aliphatic rings. The molecule has 1 aromatic rings. The number of aryl methyl sites for hydroxylation is 1. The van der Waals surface area contributed by atoms with Crippen molar-refractivity contribution < 1.29 is 9.53 Å². The number of ketones is 1. The maximum atomic E-state index is 12.7. The van der Waals surface area contributed by atoms with Crippen molar-refractivity contribution in [2.75, 3.05) is 20.2 Å². The van der Waals surface area contributed by atoms with Gasteiger partial charge in [-0.25, -0.2) is 0 Å². The molecule has 1 atom stereocenters. The molecule has 1 fully saturated rings. The van der Waals surface area contributed by atoms with Gasteiger partial charge in [-0.15, -0.1) is 0 Å². The van der Waals surface area contributed by atoms with E-state index in [1.807, 2.05) is 13.8 Å². The Labute approximate surface area is 120 Å². The zero-order valence-electron chi connectivity index (χ0n) is 12.9. The SMILES string of the molecule is CCC1(C(=O)Cc2ncc(C)c(OC)c2C)CCNC1. The Morgan fingerprint density at radius 2 is 2.25 bits per heavy atom. The van der Waals surface area contributed by atoms with Gasteiger partial charge in [0.2, 0.25) is 0 Å². The van der Waals surface area contributed by atoms with Crippen LogP contribution in [0.5, 0.6) is 5.75 Å². The van der Waals surface area contributed by atoms with Gasteiger partial charge in [0, 0.05) is 35.7 Å². The summed E-state index contributed by atoms with van der Waals surface area (Å²) in [5.74, 6) is 1.14. The summed E-state index contributed by atoms with van der Waals surface area (Å²) in [6.45, 7) is 7.78. The fourth-order valence-electron chi connectivity index (χ4n) is 3.07. The van der Waals surface area contributed by atoms with Gasteiger partial charge in [-0.3, -0.25) is 9.78 Å². The topological polar surface area (TPSA) is 51.2 Å². The summed E-state index contributed by atoms with van der Waals surface area (Å²) in [4.78, 5) is 17.1. The number of nitrogens with one attached hydrogen (secondary N) is 1. The van der Waals surface area contributed by atoms with E-state index in [-0.39, 0.29) is 5.41 Å². The van der Waals surface area contributed by atoms with Crippen LogP contribution in [0.15, 0.2) is 6.20 Å². The van der Waals surface area contributed by atoms with Gasteiger partial charge in [0.05, 0.1) is 12.8 Å². The molecule has 1 unspecified atom stereocenters. The summed E-state index contributed by atoms with van der Waals surface area (Å²) in [6, 6.07) is 0. The van der Waals surface area contributed by atoms with Crippen molar-refractivity contribution in [3.05, 3.63) is 23.0 Å². The lowest BCUT2D eigenvalue weighted by atomic mass is 9.78. The lowest BCUT2D eigenvalue weighted by Crippen LogP contribution is -2.34. The van der Waals surface area contributed by atoms with Gasteiger partial charge < -0.3 is 10.1 Å². The number of carbonyl (C=O) groups is 1. The van der Waals surface area contributed by atoms with E-state index in [4.69, 9.17) is 4.74 Å². The zero-order chi connectivity index (χ0) is 14.8. The zero-order valence-corrected chi connectivity index (χ0v) is 12.9. The molecule has 0 aliphatic carbocycles. The highest BCUT2D eigenvalue weighted by atomic mass is 16.5. The molecule has 0 amide bonds. The molecule has 1 N–H and O–H groups in total. The minimum Gasteiger partial charge on any atom is -0.496 e.